The maximum absolute atomic E-state index is 12.2. The standard InChI is InChI=1S/C16H18ClN3O3/c1-11(23-15(22)12-6-5-9-19-13(12)17)14(21)20-16(10-18)7-3-2-4-8-16/h5-6,9,11H,2-4,7-8H2,1H3,(H,20,21)/t11-/m0/s1. The zero-order chi connectivity index (χ0) is 16.9. The Balaban J connectivity index is 1.99. The van der Waals surface area contributed by atoms with Gasteiger partial charge in [-0.15, -0.1) is 0 Å². The summed E-state index contributed by atoms with van der Waals surface area (Å²) in [6.07, 6.45) is 4.51. The molecule has 1 atom stereocenters. The Morgan fingerprint density at radius 1 is 1.43 bits per heavy atom. The Morgan fingerprint density at radius 2 is 2.13 bits per heavy atom. The van der Waals surface area contributed by atoms with E-state index >= 15 is 0 Å². The van der Waals surface area contributed by atoms with Gasteiger partial charge in [0.25, 0.3) is 5.91 Å². The predicted molar refractivity (Wildman–Crippen MR) is 83.7 cm³/mol. The number of nitrogens with zero attached hydrogens (tertiary/aromatic N) is 2. The van der Waals surface area contributed by atoms with E-state index in [-0.39, 0.29) is 10.7 Å². The molecule has 0 unspecified atom stereocenters. The summed E-state index contributed by atoms with van der Waals surface area (Å²) < 4.78 is 5.13. The van der Waals surface area contributed by atoms with Gasteiger partial charge < -0.3 is 10.1 Å². The van der Waals surface area contributed by atoms with E-state index in [0.29, 0.717) is 12.8 Å². The summed E-state index contributed by atoms with van der Waals surface area (Å²) in [7, 11) is 0. The lowest BCUT2D eigenvalue weighted by Crippen LogP contribution is -2.52. The normalized spacial score (nSPS) is 17.6. The third kappa shape index (κ3) is 4.20. The molecule has 122 valence electrons. The number of aromatic nitrogens is 1. The van der Waals surface area contributed by atoms with Crippen molar-refractivity contribution in [2.24, 2.45) is 0 Å². The van der Waals surface area contributed by atoms with Gasteiger partial charge in [0.15, 0.2) is 6.10 Å². The van der Waals surface area contributed by atoms with Gasteiger partial charge in [0.2, 0.25) is 0 Å². The fourth-order valence-electron chi connectivity index (χ4n) is 2.57. The fraction of sp³-hybridized carbons (Fsp3) is 0.500. The molecule has 1 aromatic rings. The van der Waals surface area contributed by atoms with E-state index in [2.05, 4.69) is 16.4 Å². The summed E-state index contributed by atoms with van der Waals surface area (Å²) in [5, 5.41) is 12.1. The van der Waals surface area contributed by atoms with Gasteiger partial charge in [0.05, 0.1) is 11.6 Å². The van der Waals surface area contributed by atoms with Crippen LogP contribution in [-0.2, 0) is 9.53 Å². The molecule has 1 aliphatic rings. The summed E-state index contributed by atoms with van der Waals surface area (Å²) in [4.78, 5) is 28.1. The number of esters is 1. The molecule has 23 heavy (non-hydrogen) atoms. The van der Waals surface area contributed by atoms with Crippen LogP contribution >= 0.6 is 11.6 Å². The van der Waals surface area contributed by atoms with Crippen molar-refractivity contribution in [2.45, 2.75) is 50.7 Å². The highest BCUT2D eigenvalue weighted by molar-refractivity contribution is 6.32. The summed E-state index contributed by atoms with van der Waals surface area (Å²) in [5.74, 6) is -1.21. The molecule has 7 heteroatoms. The maximum atomic E-state index is 12.2. The van der Waals surface area contributed by atoms with Gasteiger partial charge in [-0.3, -0.25) is 4.79 Å². The first-order valence-corrected chi connectivity index (χ1v) is 7.90. The Morgan fingerprint density at radius 3 is 2.74 bits per heavy atom. The van der Waals surface area contributed by atoms with Crippen LogP contribution in [-0.4, -0.2) is 28.5 Å². The number of carbonyl (C=O) groups is 2. The lowest BCUT2D eigenvalue weighted by atomic mass is 9.83. The average molecular weight is 336 g/mol. The summed E-state index contributed by atoms with van der Waals surface area (Å²) in [6, 6.07) is 5.22. The first-order valence-electron chi connectivity index (χ1n) is 7.52. The van der Waals surface area contributed by atoms with Crippen molar-refractivity contribution in [1.82, 2.24) is 10.3 Å². The van der Waals surface area contributed by atoms with Crippen LogP contribution in [0.1, 0.15) is 49.4 Å². The second-order valence-corrected chi connectivity index (χ2v) is 5.99. The molecule has 1 aliphatic carbocycles. The molecule has 1 heterocycles. The van der Waals surface area contributed by atoms with Crippen LogP contribution in [0.2, 0.25) is 5.15 Å². The Bertz CT molecular complexity index is 636. The molecule has 1 N–H and O–H groups in total. The van der Waals surface area contributed by atoms with Crippen molar-refractivity contribution in [3.05, 3.63) is 29.0 Å². The highest BCUT2D eigenvalue weighted by Gasteiger charge is 2.35. The van der Waals surface area contributed by atoms with Crippen LogP contribution in [0.4, 0.5) is 0 Å². The number of ether oxygens (including phenoxy) is 1. The molecular formula is C16H18ClN3O3. The summed E-state index contributed by atoms with van der Waals surface area (Å²) in [5.41, 5.74) is -0.761. The Kier molecular flexibility index (Phi) is 5.56. The number of hydrogen-bond acceptors (Lipinski definition) is 5. The second kappa shape index (κ2) is 7.42. The third-order valence-electron chi connectivity index (χ3n) is 3.92. The topological polar surface area (TPSA) is 92.1 Å². The number of pyridine rings is 1. The molecule has 2 rings (SSSR count). The summed E-state index contributed by atoms with van der Waals surface area (Å²) >= 11 is 5.83. The van der Waals surface area contributed by atoms with Crippen LogP contribution in [0.5, 0.6) is 0 Å². The predicted octanol–water partition coefficient (Wildman–Crippen LogP) is 2.62. The van der Waals surface area contributed by atoms with Gasteiger partial charge >= 0.3 is 5.97 Å². The average Bonchev–Trinajstić information content (AvgIpc) is 2.55. The molecule has 0 spiro atoms. The van der Waals surface area contributed by atoms with Gasteiger partial charge in [-0.2, -0.15) is 5.26 Å². The lowest BCUT2D eigenvalue weighted by molar-refractivity contribution is -0.130. The van der Waals surface area contributed by atoms with Gasteiger partial charge in [-0.05, 0) is 31.9 Å². The van der Waals surface area contributed by atoms with E-state index in [1.165, 1.54) is 19.2 Å². The van der Waals surface area contributed by atoms with E-state index in [0.717, 1.165) is 19.3 Å². The molecule has 0 aliphatic heterocycles. The minimum atomic E-state index is -1.02. The van der Waals surface area contributed by atoms with Crippen LogP contribution in [0.3, 0.4) is 0 Å². The fourth-order valence-corrected chi connectivity index (χ4v) is 2.77. The molecule has 1 saturated carbocycles. The van der Waals surface area contributed by atoms with E-state index in [9.17, 15) is 14.9 Å². The molecule has 0 aromatic carbocycles. The highest BCUT2D eigenvalue weighted by Crippen LogP contribution is 2.27. The van der Waals surface area contributed by atoms with Gasteiger partial charge in [0, 0.05) is 6.20 Å². The molecule has 1 aromatic heterocycles. The first-order chi connectivity index (χ1) is 11.0. The maximum Gasteiger partial charge on any atom is 0.342 e. The van der Waals surface area contributed by atoms with Gasteiger partial charge in [-0.1, -0.05) is 30.9 Å². The van der Waals surface area contributed by atoms with Crippen molar-refractivity contribution in [2.75, 3.05) is 0 Å². The monoisotopic (exact) mass is 335 g/mol. The summed E-state index contributed by atoms with van der Waals surface area (Å²) in [6.45, 7) is 1.46. The van der Waals surface area contributed by atoms with Crippen LogP contribution < -0.4 is 5.32 Å². The molecule has 1 amide bonds. The number of nitriles is 1. The van der Waals surface area contributed by atoms with Crippen LogP contribution in [0.15, 0.2) is 18.3 Å². The minimum Gasteiger partial charge on any atom is -0.449 e. The van der Waals surface area contributed by atoms with Crippen molar-refractivity contribution < 1.29 is 14.3 Å². The van der Waals surface area contributed by atoms with Crippen molar-refractivity contribution in [1.29, 1.82) is 5.26 Å². The smallest absolute Gasteiger partial charge is 0.342 e. The van der Waals surface area contributed by atoms with E-state index in [1.807, 2.05) is 0 Å². The molecule has 0 saturated heterocycles. The first kappa shape index (κ1) is 17.2. The number of hydrogen-bond donors (Lipinski definition) is 1. The molecular weight excluding hydrogens is 318 g/mol. The molecule has 0 radical (unpaired) electrons. The van der Waals surface area contributed by atoms with E-state index in [4.69, 9.17) is 16.3 Å². The molecule has 6 nitrogen and oxygen atoms in total. The van der Waals surface area contributed by atoms with Crippen molar-refractivity contribution in [3.8, 4) is 6.07 Å². The van der Waals surface area contributed by atoms with Crippen molar-refractivity contribution >= 4 is 23.5 Å². The van der Waals surface area contributed by atoms with Gasteiger partial charge in [-0.25, -0.2) is 9.78 Å². The lowest BCUT2D eigenvalue weighted by Gasteiger charge is -2.32. The largest absolute Gasteiger partial charge is 0.449 e. The van der Waals surface area contributed by atoms with Crippen molar-refractivity contribution in [3.63, 3.8) is 0 Å². The van der Waals surface area contributed by atoms with Gasteiger partial charge in [0.1, 0.15) is 10.7 Å². The van der Waals surface area contributed by atoms with E-state index in [1.54, 1.807) is 6.07 Å². The third-order valence-corrected chi connectivity index (χ3v) is 4.22. The number of halogens is 1. The zero-order valence-electron chi connectivity index (χ0n) is 12.8. The Hall–Kier alpha value is -2.13. The molecule has 0 bridgehead atoms. The minimum absolute atomic E-state index is 0.0193. The van der Waals surface area contributed by atoms with Crippen LogP contribution in [0.25, 0.3) is 0 Å². The quantitative estimate of drug-likeness (QED) is 0.674. The SMILES string of the molecule is C[C@H](OC(=O)c1cccnc1Cl)C(=O)NC1(C#N)CCCCC1. The number of rotatable bonds is 4. The number of nitrogens with one attached hydrogen (secondary N) is 1. The number of carbonyl (C=O) groups excluding carboxylic acids is 2. The second-order valence-electron chi connectivity index (χ2n) is 5.63. The number of amides is 1. The van der Waals surface area contributed by atoms with Crippen LogP contribution in [0, 0.1) is 11.3 Å². The Labute approximate surface area is 139 Å². The highest BCUT2D eigenvalue weighted by atomic mass is 35.5. The molecule has 1 fully saturated rings. The zero-order valence-corrected chi connectivity index (χ0v) is 13.6. The van der Waals surface area contributed by atoms with E-state index < -0.39 is 23.5 Å².